The highest BCUT2D eigenvalue weighted by molar-refractivity contribution is 9.09. The molecule has 0 bridgehead atoms. The number of hydrogen-bond acceptors (Lipinski definition) is 3. The van der Waals surface area contributed by atoms with Gasteiger partial charge >= 0.3 is 0 Å². The van der Waals surface area contributed by atoms with E-state index in [4.69, 9.17) is 27.9 Å². The van der Waals surface area contributed by atoms with E-state index in [1.54, 1.807) is 24.3 Å². The normalized spacial score (nSPS) is 10.5. The number of ether oxygens (including phenoxy) is 1. The van der Waals surface area contributed by atoms with Crippen molar-refractivity contribution in [2.75, 3.05) is 10.6 Å². The van der Waals surface area contributed by atoms with E-state index >= 15 is 0 Å². The van der Waals surface area contributed by atoms with Crippen molar-refractivity contribution in [1.29, 1.82) is 0 Å². The molecule has 0 aliphatic carbocycles. The number of ketones is 1. The Morgan fingerprint density at radius 1 is 0.931 bits per heavy atom. The summed E-state index contributed by atoms with van der Waals surface area (Å²) >= 11 is 14.9. The third-order valence-electron chi connectivity index (χ3n) is 3.90. The highest BCUT2D eigenvalue weighted by Crippen LogP contribution is 2.28. The number of Topliss-reactive ketones (excluding diaryl/α,β-unsaturated/α-hetero) is 1. The first-order valence-electron chi connectivity index (χ1n) is 8.30. The molecule has 29 heavy (non-hydrogen) atoms. The average molecular weight is 497 g/mol. The van der Waals surface area contributed by atoms with Crippen LogP contribution in [0, 0.1) is 5.82 Å². The molecule has 0 radical (unpaired) electrons. The zero-order chi connectivity index (χ0) is 21.0. The van der Waals surface area contributed by atoms with E-state index in [1.165, 1.54) is 30.3 Å². The Kier molecular flexibility index (Phi) is 6.90. The predicted molar refractivity (Wildman–Crippen MR) is 115 cm³/mol. The molecular weight excluding hydrogens is 484 g/mol. The molecule has 3 rings (SSSR count). The van der Waals surface area contributed by atoms with Gasteiger partial charge in [-0.15, -0.1) is 0 Å². The topological polar surface area (TPSA) is 55.4 Å². The van der Waals surface area contributed by atoms with Crippen molar-refractivity contribution in [3.63, 3.8) is 0 Å². The van der Waals surface area contributed by atoms with Gasteiger partial charge in [0.15, 0.2) is 17.3 Å². The first-order chi connectivity index (χ1) is 13.9. The van der Waals surface area contributed by atoms with E-state index in [9.17, 15) is 14.0 Å². The Hall–Kier alpha value is -2.41. The molecular formula is C21H13BrCl2FNO3. The molecule has 0 aromatic heterocycles. The first-order valence-corrected chi connectivity index (χ1v) is 10.2. The molecule has 0 atom stereocenters. The predicted octanol–water partition coefficient (Wildman–Crippen LogP) is 6.75. The van der Waals surface area contributed by atoms with Crippen LogP contribution in [0.15, 0.2) is 60.7 Å². The molecule has 1 amide bonds. The fraction of sp³-hybridized carbons (Fsp3) is 0.0476. The maximum absolute atomic E-state index is 14.4. The molecule has 0 saturated carbocycles. The van der Waals surface area contributed by atoms with Gasteiger partial charge in [-0.05, 0) is 54.6 Å². The number of benzene rings is 3. The second kappa shape index (κ2) is 9.39. The van der Waals surface area contributed by atoms with Gasteiger partial charge in [-0.25, -0.2) is 4.39 Å². The van der Waals surface area contributed by atoms with Crippen LogP contribution in [0.25, 0.3) is 0 Å². The summed E-state index contributed by atoms with van der Waals surface area (Å²) in [6.07, 6.45) is 0. The minimum Gasteiger partial charge on any atom is -0.454 e. The van der Waals surface area contributed by atoms with Gasteiger partial charge in [0, 0.05) is 22.9 Å². The maximum Gasteiger partial charge on any atom is 0.255 e. The number of halogens is 4. The summed E-state index contributed by atoms with van der Waals surface area (Å²) in [7, 11) is 0. The number of alkyl halides is 1. The SMILES string of the molecule is O=C(CBr)c1ccc(Oc2ccc(NC(=O)c3ccc(Cl)c(Cl)c3)cc2F)cc1. The lowest BCUT2D eigenvalue weighted by molar-refractivity contribution is 0.101. The van der Waals surface area contributed by atoms with E-state index in [1.807, 2.05) is 0 Å². The highest BCUT2D eigenvalue weighted by Gasteiger charge is 2.12. The van der Waals surface area contributed by atoms with E-state index in [-0.39, 0.29) is 27.6 Å². The van der Waals surface area contributed by atoms with Gasteiger partial charge < -0.3 is 10.1 Å². The summed E-state index contributed by atoms with van der Waals surface area (Å²) in [5.74, 6) is -0.814. The standard InChI is InChI=1S/C21H13BrCl2FNO3/c22-11-19(27)12-1-5-15(6-2-12)29-20-8-4-14(10-18(20)25)26-21(28)13-3-7-16(23)17(24)9-13/h1-10H,11H2,(H,26,28). The van der Waals surface area contributed by atoms with Gasteiger partial charge in [-0.2, -0.15) is 0 Å². The summed E-state index contributed by atoms with van der Waals surface area (Å²) < 4.78 is 19.9. The van der Waals surface area contributed by atoms with Crippen molar-refractivity contribution < 1.29 is 18.7 Å². The van der Waals surface area contributed by atoms with Crippen molar-refractivity contribution >= 4 is 56.5 Å². The number of anilines is 1. The number of nitrogens with one attached hydrogen (secondary N) is 1. The Bertz CT molecular complexity index is 1070. The third kappa shape index (κ3) is 5.35. The summed E-state index contributed by atoms with van der Waals surface area (Å²) in [5.41, 5.74) is 1.07. The Balaban J connectivity index is 1.70. The van der Waals surface area contributed by atoms with Crippen molar-refractivity contribution in [2.45, 2.75) is 0 Å². The second-order valence-corrected chi connectivity index (χ2v) is 7.29. The van der Waals surface area contributed by atoms with Crippen LogP contribution >= 0.6 is 39.1 Å². The number of hydrogen-bond donors (Lipinski definition) is 1. The third-order valence-corrected chi connectivity index (χ3v) is 5.15. The fourth-order valence-electron chi connectivity index (χ4n) is 2.41. The first kappa shape index (κ1) is 21.3. The molecule has 1 N–H and O–H groups in total. The average Bonchev–Trinajstić information content (AvgIpc) is 2.72. The fourth-order valence-corrected chi connectivity index (χ4v) is 3.04. The second-order valence-electron chi connectivity index (χ2n) is 5.91. The smallest absolute Gasteiger partial charge is 0.255 e. The molecule has 8 heteroatoms. The monoisotopic (exact) mass is 495 g/mol. The molecule has 0 aliphatic rings. The molecule has 148 valence electrons. The van der Waals surface area contributed by atoms with Gasteiger partial charge in [0.1, 0.15) is 5.75 Å². The summed E-state index contributed by atoms with van der Waals surface area (Å²) in [6.45, 7) is 0. The zero-order valence-corrected chi connectivity index (χ0v) is 17.8. The Morgan fingerprint density at radius 3 is 2.24 bits per heavy atom. The molecule has 3 aromatic rings. The van der Waals surface area contributed by atoms with Crippen LogP contribution in [-0.2, 0) is 0 Å². The lowest BCUT2D eigenvalue weighted by Crippen LogP contribution is -2.12. The zero-order valence-electron chi connectivity index (χ0n) is 14.7. The quantitative estimate of drug-likeness (QED) is 0.303. The lowest BCUT2D eigenvalue weighted by Gasteiger charge is -2.10. The molecule has 0 heterocycles. The van der Waals surface area contributed by atoms with Gasteiger partial charge in [0.2, 0.25) is 0 Å². The van der Waals surface area contributed by atoms with E-state index in [2.05, 4.69) is 21.2 Å². The number of carbonyl (C=O) groups is 2. The van der Waals surface area contributed by atoms with Crippen molar-refractivity contribution in [1.82, 2.24) is 0 Å². The molecule has 4 nitrogen and oxygen atoms in total. The number of amides is 1. The highest BCUT2D eigenvalue weighted by atomic mass is 79.9. The van der Waals surface area contributed by atoms with Crippen LogP contribution < -0.4 is 10.1 Å². The van der Waals surface area contributed by atoms with Crippen LogP contribution in [0.4, 0.5) is 10.1 Å². The Labute approximate surface area is 184 Å². The van der Waals surface area contributed by atoms with Crippen LogP contribution in [0.3, 0.4) is 0 Å². The number of carbonyl (C=O) groups excluding carboxylic acids is 2. The molecule has 0 fully saturated rings. The van der Waals surface area contributed by atoms with Crippen molar-refractivity contribution in [3.8, 4) is 11.5 Å². The van der Waals surface area contributed by atoms with Gasteiger partial charge in [0.25, 0.3) is 5.91 Å². The molecule has 0 spiro atoms. The molecule has 0 aliphatic heterocycles. The molecule has 0 saturated heterocycles. The van der Waals surface area contributed by atoms with Gasteiger partial charge in [-0.1, -0.05) is 39.1 Å². The number of rotatable bonds is 6. The van der Waals surface area contributed by atoms with Crippen LogP contribution in [-0.4, -0.2) is 17.0 Å². The summed E-state index contributed by atoms with van der Waals surface area (Å²) in [4.78, 5) is 23.9. The van der Waals surface area contributed by atoms with Gasteiger partial charge in [0.05, 0.1) is 15.4 Å². The molecule has 0 unspecified atom stereocenters. The van der Waals surface area contributed by atoms with Crippen LogP contribution in [0.5, 0.6) is 11.5 Å². The summed E-state index contributed by atoms with van der Waals surface area (Å²) in [6, 6.07) is 14.9. The van der Waals surface area contributed by atoms with Crippen molar-refractivity contribution in [3.05, 3.63) is 87.7 Å². The van der Waals surface area contributed by atoms with Gasteiger partial charge in [-0.3, -0.25) is 9.59 Å². The van der Waals surface area contributed by atoms with Crippen LogP contribution in [0.2, 0.25) is 10.0 Å². The van der Waals surface area contributed by atoms with E-state index in [0.717, 1.165) is 6.07 Å². The maximum atomic E-state index is 14.4. The van der Waals surface area contributed by atoms with Crippen molar-refractivity contribution in [2.24, 2.45) is 0 Å². The minimum atomic E-state index is -0.655. The molecule has 3 aromatic carbocycles. The van der Waals surface area contributed by atoms with Crippen LogP contribution in [0.1, 0.15) is 20.7 Å². The van der Waals surface area contributed by atoms with E-state index < -0.39 is 11.7 Å². The van der Waals surface area contributed by atoms with E-state index in [0.29, 0.717) is 21.9 Å². The summed E-state index contributed by atoms with van der Waals surface area (Å²) in [5, 5.41) is 3.39. The largest absolute Gasteiger partial charge is 0.454 e. The minimum absolute atomic E-state index is 0.0166. The Morgan fingerprint density at radius 2 is 1.62 bits per heavy atom. The lowest BCUT2D eigenvalue weighted by atomic mass is 10.1.